The van der Waals surface area contributed by atoms with Gasteiger partial charge in [0.25, 0.3) is 0 Å². The van der Waals surface area contributed by atoms with Crippen LogP contribution in [0.5, 0.6) is 5.75 Å². The number of primary amides is 1. The number of furan rings is 1. The molecule has 1 amide bonds. The monoisotopic (exact) mass is 418 g/mol. The van der Waals surface area contributed by atoms with E-state index < -0.39 is 22.0 Å². The van der Waals surface area contributed by atoms with Crippen LogP contribution >= 0.6 is 0 Å². The molecule has 0 spiro atoms. The summed E-state index contributed by atoms with van der Waals surface area (Å²) in [6, 6.07) is 11.7. The van der Waals surface area contributed by atoms with E-state index in [1.54, 1.807) is 12.1 Å². The summed E-state index contributed by atoms with van der Waals surface area (Å²) >= 11 is 0. The molecule has 2 heterocycles. The Labute approximate surface area is 174 Å². The van der Waals surface area contributed by atoms with Crippen molar-refractivity contribution in [3.63, 3.8) is 0 Å². The molecule has 29 heavy (non-hydrogen) atoms. The van der Waals surface area contributed by atoms with Crippen molar-refractivity contribution in [1.82, 2.24) is 5.32 Å². The molecule has 1 aliphatic heterocycles. The number of piperidine rings is 1. The largest absolute Gasteiger partial charge is 0.494 e. The normalized spacial score (nSPS) is 18.8. The van der Waals surface area contributed by atoms with E-state index in [0.29, 0.717) is 31.1 Å². The van der Waals surface area contributed by atoms with Gasteiger partial charge in [0.2, 0.25) is 5.91 Å². The summed E-state index contributed by atoms with van der Waals surface area (Å²) in [6.45, 7) is 2.66. The van der Waals surface area contributed by atoms with Crippen molar-refractivity contribution in [3.8, 4) is 5.75 Å². The van der Waals surface area contributed by atoms with Crippen LogP contribution in [0.2, 0.25) is 0 Å². The van der Waals surface area contributed by atoms with Gasteiger partial charge in [0.05, 0.1) is 18.6 Å². The molecule has 3 atom stereocenters. The second-order valence-electron chi connectivity index (χ2n) is 7.55. The Hall–Kier alpha value is -2.12. The summed E-state index contributed by atoms with van der Waals surface area (Å²) in [5.41, 5.74) is 6.74. The highest BCUT2D eigenvalue weighted by Gasteiger charge is 2.23. The van der Waals surface area contributed by atoms with E-state index in [0.717, 1.165) is 25.3 Å². The molecule has 3 rings (SSSR count). The maximum Gasteiger partial charge on any atom is 0.233 e. The number of nitrogens with two attached hydrogens (primary N) is 1. The third kappa shape index (κ3) is 7.01. The van der Waals surface area contributed by atoms with Crippen LogP contribution in [-0.2, 0) is 27.8 Å². The van der Waals surface area contributed by atoms with Crippen molar-refractivity contribution in [3.05, 3.63) is 54.0 Å². The topological polar surface area (TPSA) is 94.6 Å². The fourth-order valence-electron chi connectivity index (χ4n) is 3.69. The number of benzene rings is 1. The first-order valence-corrected chi connectivity index (χ1v) is 11.6. The Bertz CT molecular complexity index is 788. The molecule has 6 nitrogen and oxygen atoms in total. The third-order valence-corrected chi connectivity index (χ3v) is 6.87. The molecule has 158 valence electrons. The molecule has 1 fully saturated rings. The van der Waals surface area contributed by atoms with Gasteiger partial charge in [-0.1, -0.05) is 12.1 Å². The average molecular weight is 419 g/mol. The van der Waals surface area contributed by atoms with E-state index in [4.69, 9.17) is 14.9 Å². The van der Waals surface area contributed by atoms with Crippen molar-refractivity contribution in [2.45, 2.75) is 43.1 Å². The first-order valence-electron chi connectivity index (χ1n) is 10.2. The van der Waals surface area contributed by atoms with E-state index in [2.05, 4.69) is 17.4 Å². The van der Waals surface area contributed by atoms with Gasteiger partial charge in [-0.25, -0.2) is 0 Å². The van der Waals surface area contributed by atoms with Gasteiger partial charge in [0.15, 0.2) is 0 Å². The summed E-state index contributed by atoms with van der Waals surface area (Å²) in [7, 11) is -1.40. The van der Waals surface area contributed by atoms with Gasteiger partial charge in [-0.3, -0.25) is 9.00 Å². The number of rotatable bonds is 11. The molecular weight excluding hydrogens is 388 g/mol. The lowest BCUT2D eigenvalue weighted by Gasteiger charge is -2.22. The van der Waals surface area contributed by atoms with E-state index in [-0.39, 0.29) is 5.75 Å². The minimum Gasteiger partial charge on any atom is -0.494 e. The number of hydrogen-bond donors (Lipinski definition) is 2. The molecule has 0 aliphatic carbocycles. The van der Waals surface area contributed by atoms with Crippen molar-refractivity contribution < 1.29 is 18.2 Å². The zero-order valence-electron chi connectivity index (χ0n) is 16.7. The lowest BCUT2D eigenvalue weighted by Crippen LogP contribution is -2.33. The molecule has 3 unspecified atom stereocenters. The summed E-state index contributed by atoms with van der Waals surface area (Å²) in [5.74, 6) is 1.76. The number of carbonyl (C=O) groups excluding carboxylic acids is 1. The van der Waals surface area contributed by atoms with Crippen molar-refractivity contribution in [2.24, 2.45) is 11.7 Å². The summed E-state index contributed by atoms with van der Waals surface area (Å²) in [4.78, 5) is 11.7. The van der Waals surface area contributed by atoms with E-state index >= 15 is 0 Å². The Balaban J connectivity index is 1.44. The van der Waals surface area contributed by atoms with Gasteiger partial charge in [-0.05, 0) is 80.9 Å². The molecule has 1 saturated heterocycles. The number of hydrogen-bond acceptors (Lipinski definition) is 5. The number of carbonyl (C=O) groups is 1. The smallest absolute Gasteiger partial charge is 0.233 e. The van der Waals surface area contributed by atoms with Gasteiger partial charge in [0, 0.05) is 10.8 Å². The maximum absolute atomic E-state index is 12.5. The minimum absolute atomic E-state index is 0.194. The van der Waals surface area contributed by atoms with Gasteiger partial charge < -0.3 is 20.2 Å². The van der Waals surface area contributed by atoms with Gasteiger partial charge >= 0.3 is 0 Å². The van der Waals surface area contributed by atoms with Crippen molar-refractivity contribution in [1.29, 1.82) is 0 Å². The number of amides is 1. The summed E-state index contributed by atoms with van der Waals surface area (Å²) in [6.07, 6.45) is 6.12. The van der Waals surface area contributed by atoms with Crippen molar-refractivity contribution in [2.75, 3.05) is 19.7 Å². The third-order valence-electron chi connectivity index (χ3n) is 5.20. The first-order chi connectivity index (χ1) is 14.1. The van der Waals surface area contributed by atoms with Gasteiger partial charge in [-0.2, -0.15) is 0 Å². The van der Waals surface area contributed by atoms with Crippen molar-refractivity contribution >= 4 is 16.7 Å². The highest BCUT2D eigenvalue weighted by Crippen LogP contribution is 2.20. The Kier molecular flexibility index (Phi) is 8.31. The Morgan fingerprint density at radius 3 is 2.97 bits per heavy atom. The number of ether oxygens (including phenoxy) is 1. The predicted molar refractivity (Wildman–Crippen MR) is 114 cm³/mol. The Morgan fingerprint density at radius 2 is 2.24 bits per heavy atom. The lowest BCUT2D eigenvalue weighted by atomic mass is 9.92. The second kappa shape index (κ2) is 11.2. The summed E-state index contributed by atoms with van der Waals surface area (Å²) in [5, 5.41) is 2.75. The van der Waals surface area contributed by atoms with Crippen LogP contribution in [0.25, 0.3) is 0 Å². The molecule has 0 radical (unpaired) electrons. The SMILES string of the molecule is NC(=O)C(CCCOc1cccc(CC2CCCNC2)c1)S(=O)Cc1ccco1. The van der Waals surface area contributed by atoms with Crippen LogP contribution in [0.4, 0.5) is 0 Å². The van der Waals surface area contributed by atoms with Crippen LogP contribution < -0.4 is 15.8 Å². The minimum atomic E-state index is -1.40. The zero-order chi connectivity index (χ0) is 20.5. The molecule has 0 saturated carbocycles. The number of nitrogens with one attached hydrogen (secondary N) is 1. The standard InChI is InChI=1S/C22H30N2O4S/c23-22(25)21(29(26)16-20-8-3-11-28-20)9-4-12-27-19-7-1-5-17(14-19)13-18-6-2-10-24-15-18/h1,3,5,7-8,11,14,18,21,24H,2,4,6,9-10,12-13,15-16H2,(H2,23,25). The molecule has 1 aromatic carbocycles. The lowest BCUT2D eigenvalue weighted by molar-refractivity contribution is -0.117. The molecule has 1 aliphatic rings. The van der Waals surface area contributed by atoms with Gasteiger partial charge in [-0.15, -0.1) is 0 Å². The second-order valence-corrected chi connectivity index (χ2v) is 9.17. The highest BCUT2D eigenvalue weighted by atomic mass is 32.2. The van der Waals surface area contributed by atoms with Crippen LogP contribution in [0.3, 0.4) is 0 Å². The quantitative estimate of drug-likeness (QED) is 0.547. The van der Waals surface area contributed by atoms with Crippen LogP contribution in [0, 0.1) is 5.92 Å². The van der Waals surface area contributed by atoms with Crippen LogP contribution in [-0.4, -0.2) is 35.1 Å². The fraction of sp³-hybridized carbons (Fsp3) is 0.500. The molecule has 3 N–H and O–H groups in total. The van der Waals surface area contributed by atoms with Crippen LogP contribution in [0.15, 0.2) is 47.1 Å². The van der Waals surface area contributed by atoms with E-state index in [1.807, 2.05) is 12.1 Å². The molecule has 1 aromatic heterocycles. The van der Waals surface area contributed by atoms with Crippen LogP contribution in [0.1, 0.15) is 37.0 Å². The molecule has 0 bridgehead atoms. The van der Waals surface area contributed by atoms with E-state index in [1.165, 1.54) is 24.7 Å². The average Bonchev–Trinajstić information content (AvgIpc) is 3.21. The summed E-state index contributed by atoms with van der Waals surface area (Å²) < 4.78 is 23.5. The fourth-order valence-corrected chi connectivity index (χ4v) is 5.03. The molecular formula is C22H30N2O4S. The zero-order valence-corrected chi connectivity index (χ0v) is 17.5. The van der Waals surface area contributed by atoms with E-state index in [9.17, 15) is 9.00 Å². The first kappa shape index (κ1) is 21.6. The Morgan fingerprint density at radius 1 is 1.34 bits per heavy atom. The molecule has 7 heteroatoms. The predicted octanol–water partition coefficient (Wildman–Crippen LogP) is 2.78. The van der Waals surface area contributed by atoms with Gasteiger partial charge in [0.1, 0.15) is 16.8 Å². The highest BCUT2D eigenvalue weighted by molar-refractivity contribution is 7.85. The maximum atomic E-state index is 12.5. The molecule has 2 aromatic rings.